The molecule has 1 aliphatic heterocycles. The molecule has 1 fully saturated rings. The van der Waals surface area contributed by atoms with Crippen molar-refractivity contribution in [1.82, 2.24) is 10.1 Å². The summed E-state index contributed by atoms with van der Waals surface area (Å²) in [4.78, 5) is 13.7. The van der Waals surface area contributed by atoms with Crippen LogP contribution in [-0.2, 0) is 6.42 Å². The number of nitrogens with zero attached hydrogens (tertiary/aromatic N) is 2. The molecule has 1 amide bonds. The molecule has 0 radical (unpaired) electrons. The molecule has 1 saturated heterocycles. The lowest BCUT2D eigenvalue weighted by Crippen LogP contribution is -2.50. The maximum absolute atomic E-state index is 11.9. The largest absolute Gasteiger partial charge is 0.364 e. The predicted octanol–water partition coefficient (Wildman–Crippen LogP) is 1.99. The fourth-order valence-corrected chi connectivity index (χ4v) is 2.30. The minimum atomic E-state index is -0.0342. The van der Waals surface area contributed by atoms with Crippen LogP contribution in [0.5, 0.6) is 0 Å². The maximum Gasteiger partial charge on any atom is 0.276 e. The molecule has 4 nitrogen and oxygen atoms in total. The van der Waals surface area contributed by atoms with Gasteiger partial charge in [-0.1, -0.05) is 35.5 Å². The van der Waals surface area contributed by atoms with E-state index in [9.17, 15) is 4.79 Å². The molecule has 1 aromatic carbocycles. The number of carbonyl (C=O) groups is 1. The number of benzene rings is 1. The van der Waals surface area contributed by atoms with Crippen molar-refractivity contribution < 1.29 is 9.32 Å². The van der Waals surface area contributed by atoms with Gasteiger partial charge in [-0.2, -0.15) is 0 Å². The molecule has 92 valence electrons. The van der Waals surface area contributed by atoms with Crippen molar-refractivity contribution in [3.05, 3.63) is 53.9 Å². The topological polar surface area (TPSA) is 46.3 Å². The van der Waals surface area contributed by atoms with Crippen LogP contribution < -0.4 is 0 Å². The van der Waals surface area contributed by atoms with Crippen LogP contribution in [0.1, 0.15) is 16.1 Å². The normalized spacial score (nSPS) is 15.4. The van der Waals surface area contributed by atoms with Gasteiger partial charge in [0.25, 0.3) is 5.91 Å². The molecule has 1 aliphatic rings. The van der Waals surface area contributed by atoms with Gasteiger partial charge in [0, 0.05) is 19.2 Å². The first-order valence-corrected chi connectivity index (χ1v) is 6.06. The Morgan fingerprint density at radius 1 is 1.28 bits per heavy atom. The first-order valence-electron chi connectivity index (χ1n) is 6.06. The Labute approximate surface area is 105 Å². The Morgan fingerprint density at radius 2 is 2.06 bits per heavy atom. The van der Waals surface area contributed by atoms with Crippen molar-refractivity contribution in [2.24, 2.45) is 5.92 Å². The van der Waals surface area contributed by atoms with Crippen LogP contribution in [0.15, 0.2) is 47.2 Å². The van der Waals surface area contributed by atoms with Crippen LogP contribution in [-0.4, -0.2) is 29.1 Å². The first kappa shape index (κ1) is 11.0. The van der Waals surface area contributed by atoms with Crippen LogP contribution in [0.4, 0.5) is 0 Å². The number of aromatic nitrogens is 1. The second-order valence-electron chi connectivity index (χ2n) is 4.65. The van der Waals surface area contributed by atoms with E-state index in [1.165, 1.54) is 11.8 Å². The van der Waals surface area contributed by atoms with Gasteiger partial charge in [0.05, 0.1) is 0 Å². The summed E-state index contributed by atoms with van der Waals surface area (Å²) >= 11 is 0. The highest BCUT2D eigenvalue weighted by atomic mass is 16.5. The van der Waals surface area contributed by atoms with E-state index in [0.29, 0.717) is 11.6 Å². The zero-order valence-electron chi connectivity index (χ0n) is 9.95. The number of likely N-dealkylation sites (tertiary alicyclic amines) is 1. The Bertz CT molecular complexity index is 516. The highest BCUT2D eigenvalue weighted by molar-refractivity contribution is 5.92. The molecule has 0 atom stereocenters. The van der Waals surface area contributed by atoms with Crippen molar-refractivity contribution in [3.8, 4) is 0 Å². The average molecular weight is 242 g/mol. The van der Waals surface area contributed by atoms with E-state index in [0.717, 1.165) is 19.5 Å². The second-order valence-corrected chi connectivity index (χ2v) is 4.65. The minimum Gasteiger partial charge on any atom is -0.364 e. The highest BCUT2D eigenvalue weighted by Crippen LogP contribution is 2.21. The van der Waals surface area contributed by atoms with Gasteiger partial charge in [-0.25, -0.2) is 0 Å². The number of carbonyl (C=O) groups excluding carboxylic acids is 1. The van der Waals surface area contributed by atoms with Crippen molar-refractivity contribution in [3.63, 3.8) is 0 Å². The third-order valence-electron chi connectivity index (χ3n) is 3.27. The summed E-state index contributed by atoms with van der Waals surface area (Å²) in [6.45, 7) is 1.61. The van der Waals surface area contributed by atoms with E-state index in [1.807, 2.05) is 23.1 Å². The molecule has 0 unspecified atom stereocenters. The molecule has 0 spiro atoms. The van der Waals surface area contributed by atoms with Gasteiger partial charge in [0.2, 0.25) is 0 Å². The first-order chi connectivity index (χ1) is 8.83. The SMILES string of the molecule is O=C(c1ccon1)N1CC(Cc2ccccc2)C1. The Hall–Kier alpha value is -2.10. The lowest BCUT2D eigenvalue weighted by molar-refractivity contribution is 0.0491. The van der Waals surface area contributed by atoms with Gasteiger partial charge in [0.15, 0.2) is 5.69 Å². The Balaban J connectivity index is 1.53. The predicted molar refractivity (Wildman–Crippen MR) is 66.0 cm³/mol. The average Bonchev–Trinajstić information content (AvgIpc) is 2.87. The lowest BCUT2D eigenvalue weighted by atomic mass is 9.92. The van der Waals surface area contributed by atoms with Crippen molar-refractivity contribution in [2.45, 2.75) is 6.42 Å². The van der Waals surface area contributed by atoms with Crippen molar-refractivity contribution in [2.75, 3.05) is 13.1 Å². The van der Waals surface area contributed by atoms with E-state index in [-0.39, 0.29) is 5.91 Å². The van der Waals surface area contributed by atoms with Gasteiger partial charge >= 0.3 is 0 Å². The summed E-state index contributed by atoms with van der Waals surface area (Å²) in [5, 5.41) is 3.66. The molecule has 0 bridgehead atoms. The number of hydrogen-bond acceptors (Lipinski definition) is 3. The van der Waals surface area contributed by atoms with Crippen LogP contribution in [0, 0.1) is 5.92 Å². The summed E-state index contributed by atoms with van der Waals surface area (Å²) in [7, 11) is 0. The maximum atomic E-state index is 11.9. The quantitative estimate of drug-likeness (QED) is 0.827. The van der Waals surface area contributed by atoms with Gasteiger partial charge < -0.3 is 9.42 Å². The van der Waals surface area contributed by atoms with Gasteiger partial charge in [0.1, 0.15) is 6.26 Å². The second kappa shape index (κ2) is 4.64. The molecule has 0 aliphatic carbocycles. The summed E-state index contributed by atoms with van der Waals surface area (Å²) in [5.74, 6) is 0.524. The molecule has 1 aromatic heterocycles. The fraction of sp³-hybridized carbons (Fsp3) is 0.286. The molecule has 3 rings (SSSR count). The Morgan fingerprint density at radius 3 is 2.72 bits per heavy atom. The lowest BCUT2D eigenvalue weighted by Gasteiger charge is -2.38. The smallest absolute Gasteiger partial charge is 0.276 e. The van der Waals surface area contributed by atoms with E-state index >= 15 is 0 Å². The summed E-state index contributed by atoms with van der Waals surface area (Å²) in [6, 6.07) is 12.0. The van der Waals surface area contributed by atoms with Crippen LogP contribution in [0.25, 0.3) is 0 Å². The zero-order chi connectivity index (χ0) is 12.4. The minimum absolute atomic E-state index is 0.0342. The standard InChI is InChI=1S/C14H14N2O2/c17-14(13-6-7-18-15-13)16-9-12(10-16)8-11-4-2-1-3-5-11/h1-7,12H,8-10H2. The molecule has 18 heavy (non-hydrogen) atoms. The van der Waals surface area contributed by atoms with E-state index < -0.39 is 0 Å². The van der Waals surface area contributed by atoms with E-state index in [2.05, 4.69) is 21.8 Å². The zero-order valence-corrected chi connectivity index (χ0v) is 9.95. The molecule has 0 N–H and O–H groups in total. The van der Waals surface area contributed by atoms with Gasteiger partial charge in [-0.3, -0.25) is 4.79 Å². The van der Waals surface area contributed by atoms with Gasteiger partial charge in [-0.15, -0.1) is 0 Å². The molecule has 0 saturated carbocycles. The third kappa shape index (κ3) is 2.14. The van der Waals surface area contributed by atoms with E-state index in [1.54, 1.807) is 6.07 Å². The number of hydrogen-bond donors (Lipinski definition) is 0. The monoisotopic (exact) mass is 242 g/mol. The van der Waals surface area contributed by atoms with Crippen LogP contribution in [0.3, 0.4) is 0 Å². The van der Waals surface area contributed by atoms with E-state index in [4.69, 9.17) is 0 Å². The van der Waals surface area contributed by atoms with Crippen LogP contribution in [0.2, 0.25) is 0 Å². The molecular formula is C14H14N2O2. The molecule has 4 heteroatoms. The van der Waals surface area contributed by atoms with Crippen molar-refractivity contribution in [1.29, 1.82) is 0 Å². The Kier molecular flexibility index (Phi) is 2.84. The number of amides is 1. The third-order valence-corrected chi connectivity index (χ3v) is 3.27. The van der Waals surface area contributed by atoms with Crippen LogP contribution >= 0.6 is 0 Å². The molecule has 2 aromatic rings. The summed E-state index contributed by atoms with van der Waals surface area (Å²) in [5.41, 5.74) is 1.73. The molecular weight excluding hydrogens is 228 g/mol. The highest BCUT2D eigenvalue weighted by Gasteiger charge is 2.32. The number of rotatable bonds is 3. The van der Waals surface area contributed by atoms with Crippen molar-refractivity contribution >= 4 is 5.91 Å². The van der Waals surface area contributed by atoms with Gasteiger partial charge in [-0.05, 0) is 17.9 Å². The molecule has 2 heterocycles. The summed E-state index contributed by atoms with van der Waals surface area (Å²) < 4.78 is 4.68. The summed E-state index contributed by atoms with van der Waals surface area (Å²) in [6.07, 6.45) is 2.46. The fourth-order valence-electron chi connectivity index (χ4n) is 2.30.